The van der Waals surface area contributed by atoms with E-state index in [-0.39, 0.29) is 23.9 Å². The maximum absolute atomic E-state index is 13.1. The van der Waals surface area contributed by atoms with Crippen LogP contribution in [0.15, 0.2) is 4.99 Å². The molecule has 1 atom stereocenters. The molecular weight excluding hydrogens is 306 g/mol. The normalized spacial score (nSPS) is 20.2. The smallest absolute Gasteiger partial charge is 0.270 e. The summed E-state index contributed by atoms with van der Waals surface area (Å²) in [5, 5.41) is 0. The molecule has 1 aromatic heterocycles. The van der Waals surface area contributed by atoms with E-state index in [0.29, 0.717) is 12.4 Å². The number of nitrogens with zero attached hydrogens (tertiary/aromatic N) is 5. The highest BCUT2D eigenvalue weighted by Gasteiger charge is 2.54. The van der Waals surface area contributed by atoms with Crippen molar-refractivity contribution in [1.82, 2.24) is 14.4 Å². The molecule has 3 rings (SSSR count). The van der Waals surface area contributed by atoms with Gasteiger partial charge < -0.3 is 0 Å². The van der Waals surface area contributed by atoms with E-state index in [2.05, 4.69) is 23.4 Å². The van der Waals surface area contributed by atoms with E-state index in [0.717, 1.165) is 17.3 Å². The van der Waals surface area contributed by atoms with Gasteiger partial charge in [0.2, 0.25) is 11.9 Å². The molecule has 7 nitrogen and oxygen atoms in total. The zero-order chi connectivity index (χ0) is 17.9. The van der Waals surface area contributed by atoms with Gasteiger partial charge >= 0.3 is 12.0 Å². The van der Waals surface area contributed by atoms with Crippen LogP contribution in [0, 0.1) is 19.8 Å². The van der Waals surface area contributed by atoms with Crippen LogP contribution >= 0.6 is 0 Å². The molecule has 1 unspecified atom stereocenters. The molecule has 3 heterocycles. The first kappa shape index (κ1) is 16.7. The number of carbonyl (C=O) groups is 2. The van der Waals surface area contributed by atoms with Crippen molar-refractivity contribution in [2.45, 2.75) is 53.6 Å². The van der Waals surface area contributed by atoms with Crippen LogP contribution in [0.1, 0.15) is 51.2 Å². The minimum atomic E-state index is -0.542. The Morgan fingerprint density at radius 3 is 2.33 bits per heavy atom. The summed E-state index contributed by atoms with van der Waals surface area (Å²) >= 11 is 0. The van der Waals surface area contributed by atoms with Gasteiger partial charge in [0.25, 0.3) is 5.91 Å². The van der Waals surface area contributed by atoms with E-state index in [1.807, 2.05) is 32.3 Å². The zero-order valence-electron chi connectivity index (χ0n) is 15.5. The average Bonchev–Trinajstić information content (AvgIpc) is 2.98. The number of amidine groups is 1. The first-order valence-corrected chi connectivity index (χ1v) is 8.47. The monoisotopic (exact) mass is 332 g/mol. The number of carbonyl (C=O) groups excluding carboxylic acids is 2. The van der Waals surface area contributed by atoms with E-state index in [4.69, 9.17) is 0 Å². The van der Waals surface area contributed by atoms with Gasteiger partial charge in [-0.3, -0.25) is 14.6 Å². The third kappa shape index (κ3) is 2.10. The van der Waals surface area contributed by atoms with Crippen molar-refractivity contribution < 1.29 is 14.2 Å². The van der Waals surface area contributed by atoms with Gasteiger partial charge in [0.05, 0.1) is 6.04 Å². The predicted octanol–water partition coefficient (Wildman–Crippen LogP) is 2.11. The van der Waals surface area contributed by atoms with Crippen molar-refractivity contribution in [2.75, 3.05) is 13.6 Å². The van der Waals surface area contributed by atoms with Crippen LogP contribution in [-0.2, 0) is 4.79 Å². The molecule has 130 valence electrons. The Kier molecular flexibility index (Phi) is 3.77. The largest absolute Gasteiger partial charge is 0.402 e. The van der Waals surface area contributed by atoms with Gasteiger partial charge in [-0.25, -0.2) is 13.9 Å². The van der Waals surface area contributed by atoms with E-state index >= 15 is 0 Å². The van der Waals surface area contributed by atoms with Gasteiger partial charge in [-0.1, -0.05) is 18.8 Å². The van der Waals surface area contributed by atoms with Crippen LogP contribution < -0.4 is 4.57 Å². The number of fused-ring (bicyclic) bond motifs is 3. The van der Waals surface area contributed by atoms with Crippen molar-refractivity contribution in [2.24, 2.45) is 10.9 Å². The summed E-state index contributed by atoms with van der Waals surface area (Å²) in [4.78, 5) is 33.2. The number of hydrogen-bond donors (Lipinski definition) is 0. The quantitative estimate of drug-likeness (QED) is 0.796. The van der Waals surface area contributed by atoms with Crippen molar-refractivity contribution in [3.8, 4) is 0 Å². The van der Waals surface area contributed by atoms with Crippen LogP contribution in [0.4, 0.5) is 10.7 Å². The van der Waals surface area contributed by atoms with Gasteiger partial charge in [-0.2, -0.15) is 0 Å². The van der Waals surface area contributed by atoms with Crippen LogP contribution in [0.25, 0.3) is 0 Å². The first-order chi connectivity index (χ1) is 11.2. The van der Waals surface area contributed by atoms with E-state index in [1.165, 1.54) is 9.80 Å². The molecule has 24 heavy (non-hydrogen) atoms. The fourth-order valence-corrected chi connectivity index (χ4v) is 3.61. The lowest BCUT2D eigenvalue weighted by Gasteiger charge is -2.34. The third-order valence-electron chi connectivity index (χ3n) is 4.82. The van der Waals surface area contributed by atoms with Crippen molar-refractivity contribution in [3.05, 3.63) is 11.4 Å². The van der Waals surface area contributed by atoms with E-state index < -0.39 is 6.04 Å². The zero-order valence-corrected chi connectivity index (χ0v) is 15.5. The fourth-order valence-electron chi connectivity index (χ4n) is 3.61. The summed E-state index contributed by atoms with van der Waals surface area (Å²) in [7, 11) is 1.70. The molecule has 2 aliphatic rings. The predicted molar refractivity (Wildman–Crippen MR) is 90.3 cm³/mol. The molecule has 2 aliphatic heterocycles. The van der Waals surface area contributed by atoms with Crippen LogP contribution in [0.2, 0.25) is 0 Å². The molecule has 0 bridgehead atoms. The Bertz CT molecular complexity index is 760. The Morgan fingerprint density at radius 1 is 1.17 bits per heavy atom. The van der Waals surface area contributed by atoms with Gasteiger partial charge in [0.1, 0.15) is 11.4 Å². The minimum absolute atomic E-state index is 0.182. The van der Waals surface area contributed by atoms with E-state index in [1.54, 1.807) is 7.05 Å². The number of amides is 3. The number of rotatable bonds is 3. The Labute approximate surface area is 142 Å². The topological polar surface area (TPSA) is 61.8 Å². The SMILES string of the molecule is Cc1c(C)[n+]2c(n1C(C)C)N=C1C2C(=O)N(CC(C)C)C(=O)N1C. The lowest BCUT2D eigenvalue weighted by atomic mass is 10.1. The Morgan fingerprint density at radius 2 is 1.79 bits per heavy atom. The minimum Gasteiger partial charge on any atom is -0.270 e. The molecule has 1 aromatic rings. The van der Waals surface area contributed by atoms with Gasteiger partial charge in [-0.15, -0.1) is 0 Å². The molecule has 3 amide bonds. The summed E-state index contributed by atoms with van der Waals surface area (Å²) < 4.78 is 4.10. The summed E-state index contributed by atoms with van der Waals surface area (Å²) in [6.45, 7) is 12.7. The maximum Gasteiger partial charge on any atom is 0.402 e. The number of urea groups is 1. The summed E-state index contributed by atoms with van der Waals surface area (Å²) in [6.07, 6.45) is 0. The summed E-state index contributed by atoms with van der Waals surface area (Å²) in [5.74, 6) is 1.31. The van der Waals surface area contributed by atoms with Crippen molar-refractivity contribution in [3.63, 3.8) is 0 Å². The molecule has 0 spiro atoms. The second kappa shape index (κ2) is 5.43. The summed E-state index contributed by atoms with van der Waals surface area (Å²) in [6, 6.07) is -0.604. The maximum atomic E-state index is 13.1. The number of imide groups is 1. The lowest BCUT2D eigenvalue weighted by Crippen LogP contribution is -2.63. The molecule has 0 saturated carbocycles. The van der Waals surface area contributed by atoms with Gasteiger partial charge in [0, 0.05) is 13.6 Å². The molecule has 0 aliphatic carbocycles. The Balaban J connectivity index is 2.16. The molecule has 0 aromatic carbocycles. The third-order valence-corrected chi connectivity index (χ3v) is 4.82. The number of likely N-dealkylation sites (N-methyl/N-ethyl adjacent to an activating group) is 1. The molecule has 0 radical (unpaired) electrons. The second-order valence-electron chi connectivity index (χ2n) is 7.36. The molecule has 0 N–H and O–H groups in total. The van der Waals surface area contributed by atoms with Gasteiger partial charge in [0.15, 0.2) is 0 Å². The van der Waals surface area contributed by atoms with Crippen molar-refractivity contribution in [1.29, 1.82) is 0 Å². The standard InChI is InChI=1S/C17H26N5O2/c1-9(2)8-20-15(23)13-14(19(7)17(20)24)18-16-21(10(3)4)11(5)12(6)22(13)16/h9-10,13H,8H2,1-7H3/q+1. The van der Waals surface area contributed by atoms with Gasteiger partial charge in [-0.05, 0) is 33.6 Å². The molecule has 7 heteroatoms. The van der Waals surface area contributed by atoms with Crippen LogP contribution in [0.5, 0.6) is 0 Å². The summed E-state index contributed by atoms with van der Waals surface area (Å²) in [5.41, 5.74) is 2.12. The van der Waals surface area contributed by atoms with Crippen LogP contribution in [0.3, 0.4) is 0 Å². The number of hydrogen-bond acceptors (Lipinski definition) is 3. The lowest BCUT2D eigenvalue weighted by molar-refractivity contribution is -0.683. The number of imidazole rings is 1. The number of aliphatic imine (C=N–C) groups is 1. The molecule has 1 saturated heterocycles. The first-order valence-electron chi connectivity index (χ1n) is 8.47. The second-order valence-corrected chi connectivity index (χ2v) is 7.36. The average molecular weight is 332 g/mol. The van der Waals surface area contributed by atoms with Crippen LogP contribution in [-0.4, -0.2) is 45.7 Å². The van der Waals surface area contributed by atoms with Crippen molar-refractivity contribution >= 4 is 23.7 Å². The molecular formula is C17H26N5O2+. The fraction of sp³-hybridized carbons (Fsp3) is 0.647. The Hall–Kier alpha value is -2.18. The molecule has 1 fully saturated rings. The number of aromatic nitrogens is 2. The van der Waals surface area contributed by atoms with E-state index in [9.17, 15) is 9.59 Å². The highest BCUT2D eigenvalue weighted by Crippen LogP contribution is 2.32. The highest BCUT2D eigenvalue weighted by molar-refractivity contribution is 6.19. The highest BCUT2D eigenvalue weighted by atomic mass is 16.2.